The molecule has 2 aromatic carbocycles. The average molecular weight is 595 g/mol. The first kappa shape index (κ1) is 37.0. The second-order valence-corrected chi connectivity index (χ2v) is 13.1. The minimum Gasteiger partial charge on any atom is -0.743 e. The van der Waals surface area contributed by atoms with Crippen LogP contribution in [0.4, 0.5) is 8.78 Å². The Bertz CT molecular complexity index is 1150. The van der Waals surface area contributed by atoms with E-state index in [1.165, 1.54) is 53.9 Å². The van der Waals surface area contributed by atoms with E-state index in [0.717, 1.165) is 5.75 Å². The lowest BCUT2D eigenvalue weighted by atomic mass is 9.91. The van der Waals surface area contributed by atoms with Crippen molar-refractivity contribution in [3.8, 4) is 5.75 Å². The van der Waals surface area contributed by atoms with E-state index in [2.05, 4.69) is 41.1 Å². The Morgan fingerprint density at radius 2 is 1.62 bits per heavy atom. The van der Waals surface area contributed by atoms with Crippen LogP contribution in [0.1, 0.15) is 61.8 Å². The lowest BCUT2D eigenvalue weighted by Crippen LogP contribution is -2.44. The summed E-state index contributed by atoms with van der Waals surface area (Å²) >= 11 is 0. The Labute approximate surface area is 235 Å². The van der Waals surface area contributed by atoms with Crippen molar-refractivity contribution in [1.82, 2.24) is 0 Å². The highest BCUT2D eigenvalue weighted by atomic mass is 32.2. The molecule has 1 fully saturated rings. The molecular formula is C28H44F2O7S2. The number of ether oxygens (including phenoxy) is 3. The zero-order valence-corrected chi connectivity index (χ0v) is 23.6. The summed E-state index contributed by atoms with van der Waals surface area (Å²) in [5.74, 6) is 2.71. The topological polar surface area (TPSA) is 102 Å². The predicted octanol–water partition coefficient (Wildman–Crippen LogP) is 6.40. The van der Waals surface area contributed by atoms with Crippen LogP contribution in [0.25, 0.3) is 10.8 Å². The molecule has 224 valence electrons. The number of benzene rings is 2. The minimum absolute atomic E-state index is 0. The summed E-state index contributed by atoms with van der Waals surface area (Å²) in [6.45, 7) is 6.47. The van der Waals surface area contributed by atoms with Crippen LogP contribution < -0.4 is 4.74 Å². The second-order valence-electron chi connectivity index (χ2n) is 9.36. The van der Waals surface area contributed by atoms with E-state index in [1.807, 2.05) is 0 Å². The smallest absolute Gasteiger partial charge is 0.369 e. The summed E-state index contributed by atoms with van der Waals surface area (Å²) in [4.78, 5) is 13.0. The van der Waals surface area contributed by atoms with Gasteiger partial charge in [0.1, 0.15) is 23.9 Å². The maximum atomic E-state index is 13.0. The first-order valence-corrected chi connectivity index (χ1v) is 15.1. The molecule has 0 aliphatic carbocycles. The number of hydrogen-bond acceptors (Lipinski definition) is 7. The van der Waals surface area contributed by atoms with Crippen LogP contribution in [0, 0.1) is 5.41 Å². The van der Waals surface area contributed by atoms with Crippen molar-refractivity contribution in [3.63, 3.8) is 0 Å². The summed E-state index contributed by atoms with van der Waals surface area (Å²) in [6.07, 6.45) is 0.768. The first-order chi connectivity index (χ1) is 17.3. The molecule has 1 unspecified atom stereocenters. The summed E-state index contributed by atoms with van der Waals surface area (Å²) in [6, 6.07) is 13.0. The van der Waals surface area contributed by atoms with Crippen LogP contribution in [-0.2, 0) is 35.3 Å². The van der Waals surface area contributed by atoms with E-state index in [9.17, 15) is 26.5 Å². The van der Waals surface area contributed by atoms with Crippen molar-refractivity contribution in [2.75, 3.05) is 31.8 Å². The molecule has 11 heteroatoms. The van der Waals surface area contributed by atoms with Gasteiger partial charge >= 0.3 is 11.2 Å². The molecule has 1 aliphatic rings. The van der Waals surface area contributed by atoms with Crippen LogP contribution in [0.2, 0.25) is 0 Å². The summed E-state index contributed by atoms with van der Waals surface area (Å²) < 4.78 is 72.1. The van der Waals surface area contributed by atoms with Gasteiger partial charge in [-0.05, 0) is 58.2 Å². The van der Waals surface area contributed by atoms with Gasteiger partial charge in [-0.15, -0.1) is 0 Å². The molecule has 1 atom stereocenters. The SMILES string of the molecule is C.C.CCC(C)(C)C(=O)OC(C)C(F)(F)S(=O)(=O)[O-].COCCOc1ccc([S+]2CCCC2)c2ccccc12. The Morgan fingerprint density at radius 3 is 2.13 bits per heavy atom. The van der Waals surface area contributed by atoms with E-state index in [4.69, 9.17) is 9.47 Å². The van der Waals surface area contributed by atoms with Gasteiger partial charge in [0.2, 0.25) is 0 Å². The molecule has 1 heterocycles. The highest BCUT2D eigenvalue weighted by molar-refractivity contribution is 7.97. The third-order valence-corrected chi connectivity index (χ3v) is 9.80. The van der Waals surface area contributed by atoms with E-state index in [-0.39, 0.29) is 14.9 Å². The van der Waals surface area contributed by atoms with Gasteiger partial charge < -0.3 is 18.8 Å². The van der Waals surface area contributed by atoms with Crippen LogP contribution >= 0.6 is 0 Å². The quantitative estimate of drug-likeness (QED) is 0.136. The molecule has 7 nitrogen and oxygen atoms in total. The van der Waals surface area contributed by atoms with Crippen molar-refractivity contribution in [3.05, 3.63) is 36.4 Å². The molecule has 1 saturated heterocycles. The summed E-state index contributed by atoms with van der Waals surface area (Å²) in [7, 11) is -3.72. The standard InChI is InChI=1S/C17H21O2S.C9H16F2O5S.2CH4/c1-18-10-11-19-16-8-9-17(20-12-4-5-13-20)15-7-3-2-6-14(15)16;1-5-8(3,4)7(12)16-6(2)9(10,11)17(13,14)15;;/h2-3,6-9H,4-5,10-13H2,1H3;6H,5H2,1-4H3,(H,13,14,15);2*1H4/q+1;;;/p-1. The van der Waals surface area contributed by atoms with E-state index in [1.54, 1.807) is 14.0 Å². The molecule has 1 aliphatic heterocycles. The molecule has 0 radical (unpaired) electrons. The number of carbonyl (C=O) groups excluding carboxylic acids is 1. The number of alkyl halides is 2. The largest absolute Gasteiger partial charge is 0.743 e. The number of methoxy groups -OCH3 is 1. The van der Waals surface area contributed by atoms with Crippen molar-refractivity contribution < 1.29 is 40.8 Å². The van der Waals surface area contributed by atoms with Gasteiger partial charge in [0.15, 0.2) is 21.1 Å². The van der Waals surface area contributed by atoms with Crippen molar-refractivity contribution in [1.29, 1.82) is 0 Å². The fourth-order valence-corrected chi connectivity index (χ4v) is 6.42. The molecule has 0 amide bonds. The Kier molecular flexibility index (Phi) is 14.9. The molecule has 0 aromatic heterocycles. The molecular weight excluding hydrogens is 550 g/mol. The fraction of sp³-hybridized carbons (Fsp3) is 0.607. The first-order valence-electron chi connectivity index (χ1n) is 12.1. The van der Waals surface area contributed by atoms with Crippen molar-refractivity contribution in [2.45, 2.75) is 78.1 Å². The lowest BCUT2D eigenvalue weighted by Gasteiger charge is -2.29. The number of carbonyl (C=O) groups is 1. The maximum absolute atomic E-state index is 13.0. The Morgan fingerprint density at radius 1 is 1.05 bits per heavy atom. The third kappa shape index (κ3) is 9.58. The minimum atomic E-state index is -5.86. The summed E-state index contributed by atoms with van der Waals surface area (Å²) in [5, 5.41) is -2.03. The number of esters is 1. The van der Waals surface area contributed by atoms with E-state index >= 15 is 0 Å². The van der Waals surface area contributed by atoms with Gasteiger partial charge in [-0.3, -0.25) is 4.79 Å². The van der Waals surface area contributed by atoms with E-state index in [0.29, 0.717) is 37.5 Å². The lowest BCUT2D eigenvalue weighted by molar-refractivity contribution is -0.170. The molecule has 2 aromatic rings. The van der Waals surface area contributed by atoms with Gasteiger partial charge in [-0.2, -0.15) is 8.78 Å². The monoisotopic (exact) mass is 594 g/mol. The average Bonchev–Trinajstić information content (AvgIpc) is 3.38. The van der Waals surface area contributed by atoms with Crippen LogP contribution in [0.15, 0.2) is 41.3 Å². The zero-order valence-electron chi connectivity index (χ0n) is 21.9. The van der Waals surface area contributed by atoms with Crippen molar-refractivity contribution >= 4 is 37.8 Å². The molecule has 0 saturated carbocycles. The van der Waals surface area contributed by atoms with E-state index < -0.39 is 32.9 Å². The van der Waals surface area contributed by atoms with Gasteiger partial charge in [-0.1, -0.05) is 40.0 Å². The maximum Gasteiger partial charge on any atom is 0.369 e. The Balaban J connectivity index is 0.000000716. The second kappa shape index (κ2) is 15.7. The fourth-order valence-electron chi connectivity index (χ4n) is 3.47. The van der Waals surface area contributed by atoms with Gasteiger partial charge in [-0.25, -0.2) is 8.42 Å². The highest BCUT2D eigenvalue weighted by Gasteiger charge is 2.47. The molecule has 0 N–H and O–H groups in total. The molecule has 3 rings (SSSR count). The third-order valence-electron chi connectivity index (χ3n) is 6.26. The normalized spacial score (nSPS) is 14.9. The number of hydrogen-bond donors (Lipinski definition) is 0. The Hall–Kier alpha value is -1.95. The highest BCUT2D eigenvalue weighted by Crippen LogP contribution is 2.35. The summed E-state index contributed by atoms with van der Waals surface area (Å²) in [5.41, 5.74) is -1.02. The van der Waals surface area contributed by atoms with Crippen molar-refractivity contribution in [2.24, 2.45) is 5.41 Å². The predicted molar refractivity (Wildman–Crippen MR) is 154 cm³/mol. The molecule has 0 bridgehead atoms. The number of fused-ring (bicyclic) bond motifs is 1. The van der Waals surface area contributed by atoms with Gasteiger partial charge in [0, 0.05) is 28.8 Å². The van der Waals surface area contributed by atoms with Crippen LogP contribution in [0.3, 0.4) is 0 Å². The van der Waals surface area contributed by atoms with Gasteiger partial charge in [0.05, 0.1) is 12.0 Å². The molecule has 39 heavy (non-hydrogen) atoms. The number of halogens is 2. The molecule has 0 spiro atoms. The van der Waals surface area contributed by atoms with Crippen LogP contribution in [-0.4, -0.2) is 62.1 Å². The zero-order chi connectivity index (χ0) is 27.9. The van der Waals surface area contributed by atoms with Gasteiger partial charge in [0.25, 0.3) is 0 Å². The number of rotatable bonds is 10. The van der Waals surface area contributed by atoms with Crippen LogP contribution in [0.5, 0.6) is 5.75 Å².